The number of imidazole rings is 1. The van der Waals surface area contributed by atoms with Gasteiger partial charge in [0.15, 0.2) is 0 Å². The number of nitrogens with zero attached hydrogens (tertiary/aromatic N) is 2. The first-order valence-corrected chi connectivity index (χ1v) is 17.7. The number of hydrogen-bond donors (Lipinski definition) is 7. The number of hydrogen-bond acceptors (Lipinski definition) is 10. The Morgan fingerprint density at radius 3 is 2.13 bits per heavy atom. The minimum absolute atomic E-state index is 0.000118. The van der Waals surface area contributed by atoms with E-state index in [9.17, 15) is 39.5 Å². The van der Waals surface area contributed by atoms with Crippen LogP contribution < -0.4 is 21.3 Å². The van der Waals surface area contributed by atoms with E-state index in [0.29, 0.717) is 23.2 Å². The standard InChI is InChI=1S/C37H51N7O9/c1-5-24(4)32(20-45)40-34(47)18-33(46)29(15-23(2)3)41-36(49)31(17-27-19-38-22-39-27)42-35(48)30(16-25-11-13-28(14-12-25)44(51)52)43-37(50)53-21-26-9-7-6-8-10-26/h6-14,19,22-24,29-33,45-46H,5,15-18,20-21H2,1-4H3,(H,38,39)(H,40,47)(H,41,49)(H,42,48)(H,43,50)/t24?,29?,30-,31-,32+,33?/m0/s1. The molecule has 288 valence electrons. The third kappa shape index (κ3) is 14.3. The molecule has 4 amide bonds. The van der Waals surface area contributed by atoms with Gasteiger partial charge in [-0.05, 0) is 29.4 Å². The number of nitro benzene ring substituents is 1. The summed E-state index contributed by atoms with van der Waals surface area (Å²) in [6.07, 6.45) is 1.29. The fraction of sp³-hybridized carbons (Fsp3) is 0.486. The summed E-state index contributed by atoms with van der Waals surface area (Å²) in [5.74, 6) is -1.90. The van der Waals surface area contributed by atoms with Crippen LogP contribution in [0, 0.1) is 22.0 Å². The molecule has 0 aliphatic carbocycles. The minimum Gasteiger partial charge on any atom is -0.445 e. The molecular weight excluding hydrogens is 686 g/mol. The number of benzene rings is 2. The molecule has 1 aromatic heterocycles. The van der Waals surface area contributed by atoms with Crippen LogP contribution in [0.25, 0.3) is 0 Å². The van der Waals surface area contributed by atoms with Crippen LogP contribution in [0.1, 0.15) is 63.8 Å². The average molecular weight is 738 g/mol. The van der Waals surface area contributed by atoms with Gasteiger partial charge in [0.05, 0.1) is 48.2 Å². The van der Waals surface area contributed by atoms with Gasteiger partial charge in [-0.2, -0.15) is 0 Å². The van der Waals surface area contributed by atoms with Crippen LogP contribution in [0.3, 0.4) is 0 Å². The second-order valence-electron chi connectivity index (χ2n) is 13.5. The number of carbonyl (C=O) groups is 4. The Labute approximate surface area is 308 Å². The van der Waals surface area contributed by atoms with Gasteiger partial charge in [0.25, 0.3) is 5.69 Å². The predicted octanol–water partition coefficient (Wildman–Crippen LogP) is 2.69. The Kier molecular flexibility index (Phi) is 16.9. The first kappa shape index (κ1) is 42.1. The Morgan fingerprint density at radius 2 is 1.55 bits per heavy atom. The summed E-state index contributed by atoms with van der Waals surface area (Å²) >= 11 is 0. The van der Waals surface area contributed by atoms with E-state index in [1.54, 1.807) is 30.5 Å². The summed E-state index contributed by atoms with van der Waals surface area (Å²) in [6.45, 7) is 7.29. The molecule has 0 aliphatic rings. The summed E-state index contributed by atoms with van der Waals surface area (Å²) < 4.78 is 5.35. The van der Waals surface area contributed by atoms with E-state index in [0.717, 1.165) is 6.42 Å². The Balaban J connectivity index is 1.82. The lowest BCUT2D eigenvalue weighted by Gasteiger charge is -2.29. The van der Waals surface area contributed by atoms with Crippen molar-refractivity contribution in [1.82, 2.24) is 31.2 Å². The number of aromatic nitrogens is 2. The first-order valence-electron chi connectivity index (χ1n) is 17.7. The highest BCUT2D eigenvalue weighted by Crippen LogP contribution is 2.16. The Morgan fingerprint density at radius 1 is 0.887 bits per heavy atom. The van der Waals surface area contributed by atoms with Gasteiger partial charge in [-0.15, -0.1) is 0 Å². The maximum Gasteiger partial charge on any atom is 0.408 e. The molecule has 0 aliphatic heterocycles. The van der Waals surface area contributed by atoms with E-state index >= 15 is 0 Å². The van der Waals surface area contributed by atoms with E-state index in [1.165, 1.54) is 30.6 Å². The van der Waals surface area contributed by atoms with Crippen molar-refractivity contribution < 1.29 is 39.1 Å². The first-order chi connectivity index (χ1) is 25.3. The molecule has 53 heavy (non-hydrogen) atoms. The summed E-state index contributed by atoms with van der Waals surface area (Å²) in [4.78, 5) is 71.2. The van der Waals surface area contributed by atoms with Gasteiger partial charge in [-0.1, -0.05) is 76.6 Å². The molecule has 0 bridgehead atoms. The maximum atomic E-state index is 13.9. The highest BCUT2D eigenvalue weighted by atomic mass is 16.6. The number of carbonyl (C=O) groups excluding carboxylic acids is 4. The second kappa shape index (κ2) is 21.2. The number of nitrogens with one attached hydrogen (secondary N) is 5. The van der Waals surface area contributed by atoms with Crippen LogP contribution in [0.5, 0.6) is 0 Å². The zero-order valence-electron chi connectivity index (χ0n) is 30.5. The topological polar surface area (TPSA) is 238 Å². The zero-order chi connectivity index (χ0) is 38.9. The molecule has 1 heterocycles. The molecule has 3 unspecified atom stereocenters. The van der Waals surface area contributed by atoms with Crippen molar-refractivity contribution in [3.8, 4) is 0 Å². The lowest BCUT2D eigenvalue weighted by molar-refractivity contribution is -0.384. The highest BCUT2D eigenvalue weighted by molar-refractivity contribution is 5.91. The van der Waals surface area contributed by atoms with Gasteiger partial charge in [-0.3, -0.25) is 24.5 Å². The third-order valence-corrected chi connectivity index (χ3v) is 8.80. The lowest BCUT2D eigenvalue weighted by atomic mass is 9.95. The van der Waals surface area contributed by atoms with Crippen LogP contribution >= 0.6 is 0 Å². The third-order valence-electron chi connectivity index (χ3n) is 8.80. The number of alkyl carbamates (subject to hydrolysis) is 1. The van der Waals surface area contributed by atoms with Gasteiger partial charge in [0.2, 0.25) is 17.7 Å². The summed E-state index contributed by atoms with van der Waals surface area (Å²) in [7, 11) is 0. The molecular formula is C37H51N7O9. The molecule has 2 aromatic carbocycles. The quantitative estimate of drug-likeness (QED) is 0.0623. The van der Waals surface area contributed by atoms with Crippen LogP contribution in [-0.4, -0.2) is 85.8 Å². The molecule has 16 nitrogen and oxygen atoms in total. The van der Waals surface area contributed by atoms with E-state index < -0.39 is 59.0 Å². The van der Waals surface area contributed by atoms with Crippen molar-refractivity contribution in [2.45, 2.75) is 96.7 Å². The van der Waals surface area contributed by atoms with Crippen molar-refractivity contribution in [3.05, 3.63) is 94.1 Å². The van der Waals surface area contributed by atoms with Crippen LogP contribution in [0.2, 0.25) is 0 Å². The van der Waals surface area contributed by atoms with Crippen LogP contribution in [0.4, 0.5) is 10.5 Å². The monoisotopic (exact) mass is 737 g/mol. The molecule has 0 spiro atoms. The van der Waals surface area contributed by atoms with Gasteiger partial charge >= 0.3 is 6.09 Å². The second-order valence-corrected chi connectivity index (χ2v) is 13.5. The van der Waals surface area contributed by atoms with Crippen molar-refractivity contribution in [3.63, 3.8) is 0 Å². The maximum absolute atomic E-state index is 13.9. The Bertz CT molecular complexity index is 1600. The summed E-state index contributed by atoms with van der Waals surface area (Å²) in [5, 5.41) is 42.9. The lowest BCUT2D eigenvalue weighted by Crippen LogP contribution is -2.57. The number of H-pyrrole nitrogens is 1. The normalized spacial score (nSPS) is 14.5. The number of rotatable bonds is 21. The largest absolute Gasteiger partial charge is 0.445 e. The van der Waals surface area contributed by atoms with Crippen LogP contribution in [-0.2, 0) is 38.6 Å². The fourth-order valence-corrected chi connectivity index (χ4v) is 5.55. The Hall–Kier alpha value is -5.35. The molecule has 16 heteroatoms. The molecule has 0 saturated heterocycles. The predicted molar refractivity (Wildman–Crippen MR) is 195 cm³/mol. The van der Waals surface area contributed by atoms with E-state index in [1.807, 2.05) is 33.8 Å². The van der Waals surface area contributed by atoms with Gasteiger partial charge in [-0.25, -0.2) is 9.78 Å². The summed E-state index contributed by atoms with van der Waals surface area (Å²) in [6, 6.07) is 10.5. The van der Waals surface area contributed by atoms with E-state index in [2.05, 4.69) is 31.2 Å². The number of nitro groups is 1. The molecule has 7 N–H and O–H groups in total. The molecule has 0 saturated carbocycles. The van der Waals surface area contributed by atoms with Crippen molar-refractivity contribution in [1.29, 1.82) is 0 Å². The molecule has 0 radical (unpaired) electrons. The van der Waals surface area contributed by atoms with Gasteiger partial charge in [0.1, 0.15) is 18.7 Å². The minimum atomic E-state index is -1.30. The zero-order valence-corrected chi connectivity index (χ0v) is 30.5. The van der Waals surface area contributed by atoms with E-state index in [4.69, 9.17) is 4.74 Å². The molecule has 6 atom stereocenters. The molecule has 3 aromatic rings. The van der Waals surface area contributed by atoms with Crippen molar-refractivity contribution >= 4 is 29.5 Å². The molecule has 0 fully saturated rings. The number of aromatic amines is 1. The smallest absolute Gasteiger partial charge is 0.408 e. The SMILES string of the molecule is CCC(C)[C@@H](CO)NC(=O)CC(O)C(CC(C)C)NC(=O)[C@H](Cc1c[nH]cn1)NC(=O)[C@H](Cc1ccc([N+](=O)[O-])cc1)NC(=O)OCc1ccccc1. The molecule has 3 rings (SSSR count). The van der Waals surface area contributed by atoms with E-state index in [-0.39, 0.29) is 50.0 Å². The van der Waals surface area contributed by atoms with Crippen molar-refractivity contribution in [2.24, 2.45) is 11.8 Å². The van der Waals surface area contributed by atoms with Gasteiger partial charge in [0, 0.05) is 31.2 Å². The van der Waals surface area contributed by atoms with Gasteiger partial charge < -0.3 is 41.2 Å². The number of ether oxygens (including phenoxy) is 1. The number of non-ortho nitro benzene ring substituents is 1. The fourth-order valence-electron chi connectivity index (χ4n) is 5.55. The van der Waals surface area contributed by atoms with Crippen LogP contribution in [0.15, 0.2) is 67.1 Å². The number of aliphatic hydroxyl groups is 2. The highest BCUT2D eigenvalue weighted by Gasteiger charge is 2.32. The summed E-state index contributed by atoms with van der Waals surface area (Å²) in [5.41, 5.74) is 1.49. The number of amides is 4. The van der Waals surface area contributed by atoms with Crippen molar-refractivity contribution in [2.75, 3.05) is 6.61 Å². The number of aliphatic hydroxyl groups excluding tert-OH is 2. The average Bonchev–Trinajstić information content (AvgIpc) is 3.65.